The number of nitrogens with zero attached hydrogens (tertiary/aromatic N) is 3. The summed E-state index contributed by atoms with van der Waals surface area (Å²) < 4.78 is 25.3. The molecule has 8 heteroatoms. The Hall–Kier alpha value is -1.91. The third-order valence-electron chi connectivity index (χ3n) is 5.88. The summed E-state index contributed by atoms with van der Waals surface area (Å²) in [4.78, 5) is 9.32. The Kier molecular flexibility index (Phi) is 9.55. The first-order valence-electron chi connectivity index (χ1n) is 11.0. The summed E-state index contributed by atoms with van der Waals surface area (Å²) in [6, 6.07) is 14.2. The van der Waals surface area contributed by atoms with E-state index < -0.39 is 0 Å². The normalized spacial score (nSPS) is 19.5. The predicted molar refractivity (Wildman–Crippen MR) is 135 cm³/mol. The fourth-order valence-electron chi connectivity index (χ4n) is 4.22. The van der Waals surface area contributed by atoms with Crippen molar-refractivity contribution in [1.82, 2.24) is 15.1 Å². The Morgan fingerprint density at radius 2 is 1.81 bits per heavy atom. The first-order valence-corrected chi connectivity index (χ1v) is 11.0. The number of para-hydroxylation sites is 2. The highest BCUT2D eigenvalue weighted by molar-refractivity contribution is 14.0. The monoisotopic (exact) mass is 554 g/mol. The van der Waals surface area contributed by atoms with E-state index in [1.54, 1.807) is 18.2 Å². The number of halogens is 2. The van der Waals surface area contributed by atoms with Crippen LogP contribution in [0, 0.1) is 11.7 Å². The van der Waals surface area contributed by atoms with Gasteiger partial charge in [0.1, 0.15) is 5.75 Å². The number of rotatable bonds is 6. The summed E-state index contributed by atoms with van der Waals surface area (Å²) in [6.07, 6.45) is 1.17. The van der Waals surface area contributed by atoms with Crippen LogP contribution in [0.4, 0.5) is 4.39 Å². The molecule has 0 aliphatic carbocycles. The van der Waals surface area contributed by atoms with E-state index in [9.17, 15) is 4.39 Å². The third-order valence-corrected chi connectivity index (χ3v) is 5.88. The maximum Gasteiger partial charge on any atom is 0.193 e. The summed E-state index contributed by atoms with van der Waals surface area (Å²) in [6.45, 7) is 7.43. The summed E-state index contributed by atoms with van der Waals surface area (Å²) in [5, 5.41) is 3.46. The topological polar surface area (TPSA) is 49.3 Å². The van der Waals surface area contributed by atoms with Crippen molar-refractivity contribution in [3.8, 4) is 11.5 Å². The fraction of sp³-hybridized carbons (Fsp3) is 0.458. The van der Waals surface area contributed by atoms with Gasteiger partial charge in [0, 0.05) is 51.9 Å². The van der Waals surface area contributed by atoms with Crippen LogP contribution in [0.2, 0.25) is 0 Å². The van der Waals surface area contributed by atoms with Gasteiger partial charge in [0.15, 0.2) is 17.5 Å². The molecule has 0 aromatic heterocycles. The fourth-order valence-corrected chi connectivity index (χ4v) is 4.22. The number of benzene rings is 2. The Balaban J connectivity index is 0.00000289. The number of morpholine rings is 1. The molecule has 0 bridgehead atoms. The Bertz CT molecular complexity index is 892. The number of ether oxygens (including phenoxy) is 2. The van der Waals surface area contributed by atoms with Crippen molar-refractivity contribution in [3.63, 3.8) is 0 Å². The van der Waals surface area contributed by atoms with E-state index >= 15 is 0 Å². The van der Waals surface area contributed by atoms with Gasteiger partial charge in [-0.1, -0.05) is 30.3 Å². The van der Waals surface area contributed by atoms with Crippen molar-refractivity contribution in [1.29, 1.82) is 0 Å². The molecule has 2 aromatic carbocycles. The highest BCUT2D eigenvalue weighted by Gasteiger charge is 2.27. The average molecular weight is 554 g/mol. The Morgan fingerprint density at radius 3 is 2.56 bits per heavy atom. The summed E-state index contributed by atoms with van der Waals surface area (Å²) in [5.41, 5.74) is 0.955. The van der Waals surface area contributed by atoms with Crippen molar-refractivity contribution >= 4 is 29.9 Å². The zero-order chi connectivity index (χ0) is 21.5. The van der Waals surface area contributed by atoms with Crippen molar-refractivity contribution in [3.05, 3.63) is 59.9 Å². The first-order chi connectivity index (χ1) is 15.2. The van der Waals surface area contributed by atoms with Crippen molar-refractivity contribution < 1.29 is 13.9 Å². The van der Waals surface area contributed by atoms with Gasteiger partial charge in [-0.15, -0.1) is 24.0 Å². The smallest absolute Gasteiger partial charge is 0.193 e. The molecule has 2 aliphatic rings. The highest BCUT2D eigenvalue weighted by atomic mass is 127. The number of nitrogens with one attached hydrogen (secondary N) is 1. The van der Waals surface area contributed by atoms with E-state index in [4.69, 9.17) is 9.47 Å². The van der Waals surface area contributed by atoms with Gasteiger partial charge in [0.25, 0.3) is 0 Å². The third kappa shape index (κ3) is 6.55. The lowest BCUT2D eigenvalue weighted by Gasteiger charge is -2.29. The van der Waals surface area contributed by atoms with Gasteiger partial charge in [-0.05, 0) is 30.5 Å². The van der Waals surface area contributed by atoms with Crippen molar-refractivity contribution in [2.24, 2.45) is 10.9 Å². The summed E-state index contributed by atoms with van der Waals surface area (Å²) in [5.74, 6) is 2.04. The maximum atomic E-state index is 14.0. The van der Waals surface area contributed by atoms with E-state index in [0.717, 1.165) is 57.5 Å². The van der Waals surface area contributed by atoms with Gasteiger partial charge in [0.05, 0.1) is 13.2 Å². The van der Waals surface area contributed by atoms with Crippen LogP contribution in [0.5, 0.6) is 11.5 Å². The minimum absolute atomic E-state index is 0. The SMILES string of the molecule is CN=C(NCc1ccccc1Oc1ccccc1F)N1CCC(CN2CCOCC2)C1.I. The Morgan fingerprint density at radius 1 is 1.09 bits per heavy atom. The average Bonchev–Trinajstić information content (AvgIpc) is 3.25. The first kappa shape index (κ1) is 24.7. The number of hydrogen-bond donors (Lipinski definition) is 1. The molecule has 0 amide bonds. The van der Waals surface area contributed by atoms with Crippen LogP contribution in [-0.4, -0.2) is 68.7 Å². The molecule has 2 saturated heterocycles. The van der Waals surface area contributed by atoms with E-state index in [1.165, 1.54) is 12.5 Å². The van der Waals surface area contributed by atoms with Gasteiger partial charge in [-0.3, -0.25) is 9.89 Å². The Labute approximate surface area is 206 Å². The van der Waals surface area contributed by atoms with Crippen LogP contribution in [0.25, 0.3) is 0 Å². The van der Waals surface area contributed by atoms with Crippen LogP contribution in [0.15, 0.2) is 53.5 Å². The molecule has 2 fully saturated rings. The molecule has 4 rings (SSSR count). The molecule has 1 unspecified atom stereocenters. The molecule has 0 radical (unpaired) electrons. The van der Waals surface area contributed by atoms with Gasteiger partial charge in [0.2, 0.25) is 0 Å². The highest BCUT2D eigenvalue weighted by Crippen LogP contribution is 2.27. The molecular weight excluding hydrogens is 522 g/mol. The summed E-state index contributed by atoms with van der Waals surface area (Å²) in [7, 11) is 1.82. The van der Waals surface area contributed by atoms with E-state index in [1.807, 2.05) is 31.3 Å². The second kappa shape index (κ2) is 12.4. The van der Waals surface area contributed by atoms with E-state index in [2.05, 4.69) is 20.1 Å². The maximum absolute atomic E-state index is 14.0. The van der Waals surface area contributed by atoms with Gasteiger partial charge in [-0.25, -0.2) is 4.39 Å². The molecule has 2 aliphatic heterocycles. The van der Waals surface area contributed by atoms with E-state index in [-0.39, 0.29) is 35.5 Å². The molecular formula is C24H32FIN4O2. The standard InChI is InChI=1S/C24H31FN4O2.HI/c1-26-24(29-11-10-19(18-29)17-28-12-14-30-15-13-28)27-16-20-6-2-4-8-22(20)31-23-9-5-3-7-21(23)25;/h2-9,19H,10-18H2,1H3,(H,26,27);1H. The quantitative estimate of drug-likeness (QED) is 0.333. The minimum atomic E-state index is -0.371. The lowest BCUT2D eigenvalue weighted by Crippen LogP contribution is -2.42. The van der Waals surface area contributed by atoms with Crippen LogP contribution in [0.3, 0.4) is 0 Å². The second-order valence-electron chi connectivity index (χ2n) is 8.05. The van der Waals surface area contributed by atoms with E-state index in [0.29, 0.717) is 18.2 Å². The molecule has 2 aromatic rings. The zero-order valence-corrected chi connectivity index (χ0v) is 20.8. The summed E-state index contributed by atoms with van der Waals surface area (Å²) >= 11 is 0. The lowest BCUT2D eigenvalue weighted by molar-refractivity contribution is 0.0315. The van der Waals surface area contributed by atoms with Crippen LogP contribution in [-0.2, 0) is 11.3 Å². The number of guanidine groups is 1. The molecule has 2 heterocycles. The molecule has 0 spiro atoms. The molecule has 1 N–H and O–H groups in total. The predicted octanol–water partition coefficient (Wildman–Crippen LogP) is 3.97. The van der Waals surface area contributed by atoms with Crippen LogP contribution >= 0.6 is 24.0 Å². The molecule has 174 valence electrons. The molecule has 1 atom stereocenters. The largest absolute Gasteiger partial charge is 0.454 e. The molecule has 32 heavy (non-hydrogen) atoms. The molecule has 0 saturated carbocycles. The van der Waals surface area contributed by atoms with Crippen molar-refractivity contribution in [2.45, 2.75) is 13.0 Å². The lowest BCUT2D eigenvalue weighted by atomic mass is 10.1. The van der Waals surface area contributed by atoms with Gasteiger partial charge >= 0.3 is 0 Å². The van der Waals surface area contributed by atoms with Crippen LogP contribution < -0.4 is 10.1 Å². The number of hydrogen-bond acceptors (Lipinski definition) is 4. The van der Waals surface area contributed by atoms with Gasteiger partial charge in [-0.2, -0.15) is 0 Å². The number of likely N-dealkylation sites (tertiary alicyclic amines) is 1. The number of aliphatic imine (C=N–C) groups is 1. The minimum Gasteiger partial charge on any atom is -0.454 e. The van der Waals surface area contributed by atoms with Gasteiger partial charge < -0.3 is 19.7 Å². The van der Waals surface area contributed by atoms with Crippen molar-refractivity contribution in [2.75, 3.05) is 53.0 Å². The van der Waals surface area contributed by atoms with Crippen LogP contribution in [0.1, 0.15) is 12.0 Å². The molecule has 6 nitrogen and oxygen atoms in total. The zero-order valence-electron chi connectivity index (χ0n) is 18.5. The second-order valence-corrected chi connectivity index (χ2v) is 8.05.